The van der Waals surface area contributed by atoms with Gasteiger partial charge in [-0.25, -0.2) is 0 Å². The van der Waals surface area contributed by atoms with Gasteiger partial charge in [0, 0.05) is 17.4 Å². The molecular weight excluding hydrogens is 328 g/mol. The summed E-state index contributed by atoms with van der Waals surface area (Å²) >= 11 is 5.88. The maximum Gasteiger partial charge on any atom is 0.278 e. The topological polar surface area (TPSA) is 73.0 Å². The molecule has 124 valence electrons. The highest BCUT2D eigenvalue weighted by atomic mass is 35.5. The van der Waals surface area contributed by atoms with Crippen LogP contribution in [-0.2, 0) is 6.54 Å². The van der Waals surface area contributed by atoms with E-state index in [2.05, 4.69) is 15.6 Å². The summed E-state index contributed by atoms with van der Waals surface area (Å²) in [5.74, 6) is 0.263. The molecule has 2 heterocycles. The summed E-state index contributed by atoms with van der Waals surface area (Å²) < 4.78 is 6.83. The molecule has 1 N–H and O–H groups in total. The number of nitrogens with one attached hydrogen (secondary N) is 1. The number of carbonyl (C=O) groups excluding carboxylic acids is 1. The van der Waals surface area contributed by atoms with Gasteiger partial charge in [-0.3, -0.25) is 9.48 Å². The SMILES string of the molecule is Cc1ccc(NC(=O)c2noc(C)c2Cn2cc(Cl)cn2)c(C)c1. The number of nitrogens with zero attached hydrogens (tertiary/aromatic N) is 3. The Morgan fingerprint density at radius 3 is 2.79 bits per heavy atom. The maximum atomic E-state index is 12.6. The van der Waals surface area contributed by atoms with Crippen LogP contribution in [-0.4, -0.2) is 20.8 Å². The van der Waals surface area contributed by atoms with Crippen molar-refractivity contribution in [3.63, 3.8) is 0 Å². The summed E-state index contributed by atoms with van der Waals surface area (Å²) in [6.45, 7) is 6.08. The number of hydrogen-bond donors (Lipinski definition) is 1. The molecule has 1 aromatic carbocycles. The number of aryl methyl sites for hydroxylation is 3. The van der Waals surface area contributed by atoms with Crippen molar-refractivity contribution in [2.24, 2.45) is 0 Å². The molecule has 0 aliphatic heterocycles. The fourth-order valence-electron chi connectivity index (χ4n) is 2.48. The number of aromatic nitrogens is 3. The second kappa shape index (κ2) is 6.49. The lowest BCUT2D eigenvalue weighted by Gasteiger charge is -2.09. The van der Waals surface area contributed by atoms with Gasteiger partial charge in [-0.05, 0) is 32.4 Å². The number of benzene rings is 1. The minimum absolute atomic E-state index is 0.249. The van der Waals surface area contributed by atoms with Gasteiger partial charge in [0.1, 0.15) is 5.76 Å². The van der Waals surface area contributed by atoms with Crippen molar-refractivity contribution in [3.8, 4) is 0 Å². The zero-order chi connectivity index (χ0) is 17.3. The molecule has 3 rings (SSSR count). The van der Waals surface area contributed by atoms with Gasteiger partial charge >= 0.3 is 0 Å². The van der Waals surface area contributed by atoms with Crippen molar-refractivity contribution >= 4 is 23.2 Å². The van der Waals surface area contributed by atoms with E-state index in [0.717, 1.165) is 16.8 Å². The Bertz CT molecular complexity index is 898. The van der Waals surface area contributed by atoms with Crippen LogP contribution in [0.2, 0.25) is 5.02 Å². The Kier molecular flexibility index (Phi) is 4.40. The lowest BCUT2D eigenvalue weighted by molar-refractivity contribution is 0.101. The molecule has 24 heavy (non-hydrogen) atoms. The van der Waals surface area contributed by atoms with Crippen molar-refractivity contribution in [1.29, 1.82) is 0 Å². The normalized spacial score (nSPS) is 10.8. The molecule has 0 bridgehead atoms. The number of rotatable bonds is 4. The summed E-state index contributed by atoms with van der Waals surface area (Å²) in [5, 5.41) is 11.4. The van der Waals surface area contributed by atoms with Crippen LogP contribution in [0.4, 0.5) is 5.69 Å². The van der Waals surface area contributed by atoms with E-state index >= 15 is 0 Å². The molecule has 0 aliphatic rings. The predicted molar refractivity (Wildman–Crippen MR) is 91.4 cm³/mol. The van der Waals surface area contributed by atoms with Gasteiger partial charge in [-0.15, -0.1) is 0 Å². The van der Waals surface area contributed by atoms with Crippen LogP contribution in [0.25, 0.3) is 0 Å². The van der Waals surface area contributed by atoms with Gasteiger partial charge in [-0.1, -0.05) is 34.5 Å². The van der Waals surface area contributed by atoms with Gasteiger partial charge in [-0.2, -0.15) is 5.10 Å². The standard InChI is InChI=1S/C17H17ClN4O2/c1-10-4-5-15(11(2)6-10)20-17(23)16-14(12(3)24-21-16)9-22-8-13(18)7-19-22/h4-8H,9H2,1-3H3,(H,20,23). The van der Waals surface area contributed by atoms with Gasteiger partial charge in [0.15, 0.2) is 5.69 Å². The Morgan fingerprint density at radius 1 is 1.33 bits per heavy atom. The van der Waals surface area contributed by atoms with Crippen molar-refractivity contribution in [3.05, 3.63) is 63.8 Å². The third-order valence-corrected chi connectivity index (χ3v) is 3.95. The number of amides is 1. The van der Waals surface area contributed by atoms with E-state index in [1.165, 1.54) is 0 Å². The molecule has 6 nitrogen and oxygen atoms in total. The van der Waals surface area contributed by atoms with Crippen molar-refractivity contribution in [2.75, 3.05) is 5.32 Å². The first-order chi connectivity index (χ1) is 11.4. The van der Waals surface area contributed by atoms with E-state index in [4.69, 9.17) is 16.1 Å². The minimum atomic E-state index is -0.313. The summed E-state index contributed by atoms with van der Waals surface area (Å²) in [6.07, 6.45) is 3.22. The highest BCUT2D eigenvalue weighted by Crippen LogP contribution is 2.20. The molecule has 7 heteroatoms. The van der Waals surface area contributed by atoms with Crippen LogP contribution >= 0.6 is 11.6 Å². The monoisotopic (exact) mass is 344 g/mol. The van der Waals surface area contributed by atoms with Crippen molar-refractivity contribution in [2.45, 2.75) is 27.3 Å². The minimum Gasteiger partial charge on any atom is -0.361 e. The molecule has 0 saturated carbocycles. The molecule has 0 atom stereocenters. The lowest BCUT2D eigenvalue weighted by atomic mass is 10.1. The average Bonchev–Trinajstić information content (AvgIpc) is 3.09. The average molecular weight is 345 g/mol. The molecular formula is C17H17ClN4O2. The van der Waals surface area contributed by atoms with Crippen LogP contribution in [0, 0.1) is 20.8 Å². The largest absolute Gasteiger partial charge is 0.361 e. The Hall–Kier alpha value is -2.60. The van der Waals surface area contributed by atoms with Gasteiger partial charge in [0.2, 0.25) is 0 Å². The zero-order valence-electron chi connectivity index (χ0n) is 13.6. The van der Waals surface area contributed by atoms with Gasteiger partial charge < -0.3 is 9.84 Å². The molecule has 0 fully saturated rings. The molecule has 0 radical (unpaired) electrons. The van der Waals surface area contributed by atoms with E-state index in [0.29, 0.717) is 22.9 Å². The first kappa shape index (κ1) is 16.3. The highest BCUT2D eigenvalue weighted by molar-refractivity contribution is 6.30. The van der Waals surface area contributed by atoms with Crippen molar-refractivity contribution < 1.29 is 9.32 Å². The summed E-state index contributed by atoms with van der Waals surface area (Å²) in [7, 11) is 0. The van der Waals surface area contributed by atoms with E-state index in [-0.39, 0.29) is 11.6 Å². The maximum absolute atomic E-state index is 12.6. The van der Waals surface area contributed by atoms with Crippen molar-refractivity contribution in [1.82, 2.24) is 14.9 Å². The van der Waals surface area contributed by atoms with Crippen LogP contribution in [0.15, 0.2) is 35.1 Å². The molecule has 0 unspecified atom stereocenters. The first-order valence-electron chi connectivity index (χ1n) is 7.45. The van der Waals surface area contributed by atoms with Crippen LogP contribution in [0.1, 0.15) is 32.9 Å². The quantitative estimate of drug-likeness (QED) is 0.782. The second-order valence-corrected chi connectivity index (χ2v) is 6.13. The summed E-state index contributed by atoms with van der Waals surface area (Å²) in [4.78, 5) is 12.6. The van der Waals surface area contributed by atoms with Crippen LogP contribution < -0.4 is 5.32 Å². The third kappa shape index (κ3) is 3.33. The molecule has 2 aromatic heterocycles. The summed E-state index contributed by atoms with van der Waals surface area (Å²) in [6, 6.07) is 5.84. The Labute approximate surface area is 144 Å². The number of carbonyl (C=O) groups is 1. The predicted octanol–water partition coefficient (Wildman–Crippen LogP) is 3.75. The first-order valence-corrected chi connectivity index (χ1v) is 7.83. The smallest absolute Gasteiger partial charge is 0.278 e. The number of anilines is 1. The Balaban J connectivity index is 1.85. The number of halogens is 1. The number of hydrogen-bond acceptors (Lipinski definition) is 4. The zero-order valence-corrected chi connectivity index (χ0v) is 14.4. The van der Waals surface area contributed by atoms with Gasteiger partial charge in [0.25, 0.3) is 5.91 Å². The van der Waals surface area contributed by atoms with Gasteiger partial charge in [0.05, 0.1) is 17.8 Å². The molecule has 0 saturated heterocycles. The van der Waals surface area contributed by atoms with Crippen LogP contribution in [0.5, 0.6) is 0 Å². The van der Waals surface area contributed by atoms with Crippen LogP contribution in [0.3, 0.4) is 0 Å². The Morgan fingerprint density at radius 2 is 2.12 bits per heavy atom. The lowest BCUT2D eigenvalue weighted by Crippen LogP contribution is -2.16. The second-order valence-electron chi connectivity index (χ2n) is 5.69. The van der Waals surface area contributed by atoms with E-state index < -0.39 is 0 Å². The molecule has 0 aliphatic carbocycles. The van der Waals surface area contributed by atoms with E-state index in [1.807, 2.05) is 32.0 Å². The molecule has 3 aromatic rings. The van der Waals surface area contributed by atoms with E-state index in [1.54, 1.807) is 24.0 Å². The van der Waals surface area contributed by atoms with E-state index in [9.17, 15) is 4.79 Å². The molecule has 1 amide bonds. The fourth-order valence-corrected chi connectivity index (χ4v) is 2.63. The third-order valence-electron chi connectivity index (χ3n) is 3.75. The summed E-state index contributed by atoms with van der Waals surface area (Å²) in [5.41, 5.74) is 3.80. The molecule has 0 spiro atoms. The fraction of sp³-hybridized carbons (Fsp3) is 0.235. The highest BCUT2D eigenvalue weighted by Gasteiger charge is 2.21.